The minimum atomic E-state index is 0.312. The molecular weight excluding hydrogens is 286 g/mol. The highest BCUT2D eigenvalue weighted by Gasteiger charge is 2.36. The van der Waals surface area contributed by atoms with Crippen molar-refractivity contribution in [3.05, 3.63) is 41.7 Å². The third-order valence-electron chi connectivity index (χ3n) is 5.10. The molecule has 1 aliphatic heterocycles. The van der Waals surface area contributed by atoms with E-state index in [-0.39, 0.29) is 0 Å². The molecule has 120 valence electrons. The summed E-state index contributed by atoms with van der Waals surface area (Å²) in [6.07, 6.45) is 6.28. The molecule has 1 saturated carbocycles. The fourth-order valence-corrected chi connectivity index (χ4v) is 3.57. The summed E-state index contributed by atoms with van der Waals surface area (Å²) in [6, 6.07) is 8.57. The van der Waals surface area contributed by atoms with E-state index in [9.17, 15) is 4.79 Å². The van der Waals surface area contributed by atoms with Gasteiger partial charge >= 0.3 is 0 Å². The van der Waals surface area contributed by atoms with Crippen LogP contribution in [-0.4, -0.2) is 34.1 Å². The molecule has 1 atom stereocenters. The first-order valence-corrected chi connectivity index (χ1v) is 8.61. The third-order valence-corrected chi connectivity index (χ3v) is 5.10. The standard InChI is InChI=1S/C19H23N3O/c1-13-4-6-14(7-5-13)17-11-20-21-18(17)16-3-2-10-22(12-16)19(23)15-8-9-15/h4-7,11,15-16H,2-3,8-10,12H2,1H3,(H,20,21)/t16-/m1/s1. The van der Waals surface area contributed by atoms with Gasteiger partial charge in [-0.05, 0) is 38.2 Å². The van der Waals surface area contributed by atoms with E-state index in [2.05, 4.69) is 46.3 Å². The summed E-state index contributed by atoms with van der Waals surface area (Å²) in [5.41, 5.74) is 4.82. The highest BCUT2D eigenvalue weighted by Crippen LogP contribution is 2.36. The van der Waals surface area contributed by atoms with E-state index in [4.69, 9.17) is 0 Å². The number of aryl methyl sites for hydroxylation is 1. The van der Waals surface area contributed by atoms with Crippen molar-refractivity contribution in [2.75, 3.05) is 13.1 Å². The Morgan fingerprint density at radius 1 is 1.22 bits per heavy atom. The van der Waals surface area contributed by atoms with Crippen LogP contribution in [0.3, 0.4) is 0 Å². The Morgan fingerprint density at radius 2 is 2.00 bits per heavy atom. The number of benzene rings is 1. The van der Waals surface area contributed by atoms with Crippen molar-refractivity contribution in [3.8, 4) is 11.1 Å². The SMILES string of the molecule is Cc1ccc(-c2cn[nH]c2[C@@H]2CCCN(C(=O)C3CC3)C2)cc1. The molecule has 2 aromatic rings. The molecule has 0 bridgehead atoms. The van der Waals surface area contributed by atoms with Crippen molar-refractivity contribution >= 4 is 5.91 Å². The number of H-pyrrole nitrogens is 1. The number of hydrogen-bond donors (Lipinski definition) is 1. The molecule has 2 fully saturated rings. The minimum absolute atomic E-state index is 0.312. The minimum Gasteiger partial charge on any atom is -0.342 e. The molecule has 1 N–H and O–H groups in total. The second kappa shape index (κ2) is 5.84. The Bertz CT molecular complexity index is 700. The lowest BCUT2D eigenvalue weighted by molar-refractivity contribution is -0.133. The van der Waals surface area contributed by atoms with Crippen LogP contribution in [0.4, 0.5) is 0 Å². The maximum atomic E-state index is 12.4. The van der Waals surface area contributed by atoms with Gasteiger partial charge in [0.05, 0.1) is 6.20 Å². The predicted octanol–water partition coefficient (Wildman–Crippen LogP) is 3.50. The van der Waals surface area contributed by atoms with Crippen LogP contribution >= 0.6 is 0 Å². The first-order chi connectivity index (χ1) is 11.2. The summed E-state index contributed by atoms with van der Waals surface area (Å²) in [4.78, 5) is 14.4. The first-order valence-electron chi connectivity index (χ1n) is 8.61. The molecule has 4 heteroatoms. The number of amides is 1. The Hall–Kier alpha value is -2.10. The summed E-state index contributed by atoms with van der Waals surface area (Å²) >= 11 is 0. The smallest absolute Gasteiger partial charge is 0.225 e. The van der Waals surface area contributed by atoms with Gasteiger partial charge in [0.15, 0.2) is 0 Å². The zero-order valence-corrected chi connectivity index (χ0v) is 13.6. The molecule has 4 nitrogen and oxygen atoms in total. The molecule has 0 spiro atoms. The number of piperidine rings is 1. The van der Waals surface area contributed by atoms with Crippen molar-refractivity contribution in [2.24, 2.45) is 5.92 Å². The van der Waals surface area contributed by atoms with E-state index < -0.39 is 0 Å². The number of aromatic amines is 1. The normalized spacial score (nSPS) is 21.4. The van der Waals surface area contributed by atoms with E-state index in [1.807, 2.05) is 6.20 Å². The van der Waals surface area contributed by atoms with Gasteiger partial charge in [-0.2, -0.15) is 5.10 Å². The number of hydrogen-bond acceptors (Lipinski definition) is 2. The molecule has 0 radical (unpaired) electrons. The fraction of sp³-hybridized carbons (Fsp3) is 0.474. The third kappa shape index (κ3) is 2.90. The molecular formula is C19H23N3O. The van der Waals surface area contributed by atoms with Gasteiger partial charge in [-0.1, -0.05) is 29.8 Å². The summed E-state index contributed by atoms with van der Waals surface area (Å²) in [6.45, 7) is 3.85. The number of nitrogens with one attached hydrogen (secondary N) is 1. The molecule has 2 heterocycles. The molecule has 1 aromatic carbocycles. The Morgan fingerprint density at radius 3 is 2.74 bits per heavy atom. The molecule has 1 aliphatic carbocycles. The molecule has 1 saturated heterocycles. The molecule has 23 heavy (non-hydrogen) atoms. The molecule has 4 rings (SSSR count). The van der Waals surface area contributed by atoms with Crippen LogP contribution in [0.2, 0.25) is 0 Å². The van der Waals surface area contributed by atoms with Crippen LogP contribution in [0.25, 0.3) is 11.1 Å². The van der Waals surface area contributed by atoms with Crippen LogP contribution in [0.5, 0.6) is 0 Å². The number of rotatable bonds is 3. The largest absolute Gasteiger partial charge is 0.342 e. The molecule has 1 aromatic heterocycles. The second-order valence-corrected chi connectivity index (χ2v) is 6.96. The fourth-order valence-electron chi connectivity index (χ4n) is 3.57. The average molecular weight is 309 g/mol. The van der Waals surface area contributed by atoms with Crippen LogP contribution in [-0.2, 0) is 4.79 Å². The predicted molar refractivity (Wildman–Crippen MR) is 90.0 cm³/mol. The average Bonchev–Trinajstić information content (AvgIpc) is 3.32. The second-order valence-electron chi connectivity index (χ2n) is 6.96. The monoisotopic (exact) mass is 309 g/mol. The summed E-state index contributed by atoms with van der Waals surface area (Å²) in [7, 11) is 0. The van der Waals surface area contributed by atoms with Crippen LogP contribution < -0.4 is 0 Å². The van der Waals surface area contributed by atoms with Gasteiger partial charge in [0.2, 0.25) is 5.91 Å². The molecule has 1 amide bonds. The molecule has 0 unspecified atom stereocenters. The summed E-state index contributed by atoms with van der Waals surface area (Å²) in [5.74, 6) is 1.04. The Kier molecular flexibility index (Phi) is 3.68. The number of likely N-dealkylation sites (tertiary alicyclic amines) is 1. The lowest BCUT2D eigenvalue weighted by Gasteiger charge is -2.33. The van der Waals surface area contributed by atoms with Crippen molar-refractivity contribution < 1.29 is 4.79 Å². The van der Waals surface area contributed by atoms with Gasteiger partial charge in [0.1, 0.15) is 0 Å². The highest BCUT2D eigenvalue weighted by molar-refractivity contribution is 5.81. The number of nitrogens with zero attached hydrogens (tertiary/aromatic N) is 2. The van der Waals surface area contributed by atoms with Gasteiger partial charge < -0.3 is 4.90 Å². The number of aromatic nitrogens is 2. The first kappa shape index (κ1) is 14.5. The van der Waals surface area contributed by atoms with E-state index in [1.54, 1.807) is 0 Å². The Labute approximate surface area is 136 Å². The zero-order chi connectivity index (χ0) is 15.8. The van der Waals surface area contributed by atoms with Crippen molar-refractivity contribution in [1.82, 2.24) is 15.1 Å². The van der Waals surface area contributed by atoms with Crippen molar-refractivity contribution in [3.63, 3.8) is 0 Å². The van der Waals surface area contributed by atoms with Gasteiger partial charge in [0.25, 0.3) is 0 Å². The zero-order valence-electron chi connectivity index (χ0n) is 13.6. The summed E-state index contributed by atoms with van der Waals surface area (Å²) in [5, 5.41) is 7.49. The van der Waals surface area contributed by atoms with Crippen LogP contribution in [0.1, 0.15) is 42.9 Å². The van der Waals surface area contributed by atoms with Crippen molar-refractivity contribution in [2.45, 2.75) is 38.5 Å². The van der Waals surface area contributed by atoms with Crippen molar-refractivity contribution in [1.29, 1.82) is 0 Å². The van der Waals surface area contributed by atoms with Crippen LogP contribution in [0, 0.1) is 12.8 Å². The maximum Gasteiger partial charge on any atom is 0.225 e. The van der Waals surface area contributed by atoms with E-state index >= 15 is 0 Å². The lowest BCUT2D eigenvalue weighted by Crippen LogP contribution is -2.40. The van der Waals surface area contributed by atoms with Gasteiger partial charge in [-0.3, -0.25) is 9.89 Å². The maximum absolute atomic E-state index is 12.4. The van der Waals surface area contributed by atoms with E-state index in [1.165, 1.54) is 22.4 Å². The van der Waals surface area contributed by atoms with Gasteiger partial charge in [0, 0.05) is 36.2 Å². The lowest BCUT2D eigenvalue weighted by atomic mass is 9.90. The Balaban J connectivity index is 1.57. The highest BCUT2D eigenvalue weighted by atomic mass is 16.2. The van der Waals surface area contributed by atoms with E-state index in [0.717, 1.165) is 38.8 Å². The quantitative estimate of drug-likeness (QED) is 0.943. The van der Waals surface area contributed by atoms with Crippen LogP contribution in [0.15, 0.2) is 30.5 Å². The number of carbonyl (C=O) groups is 1. The summed E-state index contributed by atoms with van der Waals surface area (Å²) < 4.78 is 0. The van der Waals surface area contributed by atoms with E-state index in [0.29, 0.717) is 17.7 Å². The van der Waals surface area contributed by atoms with Gasteiger partial charge in [-0.25, -0.2) is 0 Å². The molecule has 2 aliphatic rings. The number of carbonyl (C=O) groups excluding carboxylic acids is 1. The topological polar surface area (TPSA) is 49.0 Å². The van der Waals surface area contributed by atoms with Gasteiger partial charge in [-0.15, -0.1) is 0 Å².